The van der Waals surface area contributed by atoms with Crippen molar-refractivity contribution in [3.63, 3.8) is 0 Å². The fourth-order valence-electron chi connectivity index (χ4n) is 2.86. The molecule has 3 rings (SSSR count). The van der Waals surface area contributed by atoms with Crippen LogP contribution in [0.25, 0.3) is 0 Å². The quantitative estimate of drug-likeness (QED) is 0.859. The molecule has 0 atom stereocenters. The molecule has 100 valence electrons. The van der Waals surface area contributed by atoms with Crippen LogP contribution in [0.1, 0.15) is 44.0 Å². The molecule has 1 aromatic heterocycles. The minimum atomic E-state index is 0.723. The van der Waals surface area contributed by atoms with E-state index in [1.165, 1.54) is 25.7 Å². The highest BCUT2D eigenvalue weighted by Crippen LogP contribution is 2.44. The maximum atomic E-state index is 6.38. The Balaban J connectivity index is 1.66. The van der Waals surface area contributed by atoms with Gasteiger partial charge >= 0.3 is 0 Å². The largest absolute Gasteiger partial charge is 0.308 e. The maximum Gasteiger partial charge on any atom is 0.0863 e. The van der Waals surface area contributed by atoms with Crippen molar-refractivity contribution in [3.8, 4) is 0 Å². The van der Waals surface area contributed by atoms with Gasteiger partial charge in [-0.3, -0.25) is 4.68 Å². The van der Waals surface area contributed by atoms with Crippen LogP contribution in [0, 0.1) is 11.8 Å². The summed E-state index contributed by atoms with van der Waals surface area (Å²) >= 11 is 6.38. The smallest absolute Gasteiger partial charge is 0.0863 e. The summed E-state index contributed by atoms with van der Waals surface area (Å²) in [6, 6.07) is 0.723. The second-order valence-corrected chi connectivity index (χ2v) is 6.14. The fraction of sp³-hybridized carbons (Fsp3) is 0.786. The molecule has 0 saturated heterocycles. The van der Waals surface area contributed by atoms with Gasteiger partial charge in [0.2, 0.25) is 0 Å². The maximum absolute atomic E-state index is 6.38. The number of aryl methyl sites for hydroxylation is 2. The third-order valence-electron chi connectivity index (χ3n) is 4.27. The van der Waals surface area contributed by atoms with Crippen molar-refractivity contribution in [1.82, 2.24) is 15.1 Å². The number of rotatable bonds is 6. The van der Waals surface area contributed by atoms with Crippen molar-refractivity contribution in [2.45, 2.75) is 51.6 Å². The highest BCUT2D eigenvalue weighted by molar-refractivity contribution is 6.31. The van der Waals surface area contributed by atoms with Crippen molar-refractivity contribution < 1.29 is 0 Å². The SMILES string of the molecule is CCc1nn(C)c(CNC(C2CC2)C2CC2)c1Cl. The van der Waals surface area contributed by atoms with Crippen LogP contribution in [0.4, 0.5) is 0 Å². The van der Waals surface area contributed by atoms with E-state index < -0.39 is 0 Å². The minimum Gasteiger partial charge on any atom is -0.308 e. The standard InChI is InChI=1S/C14H22ClN3/c1-3-11-13(15)12(18(2)17-11)8-16-14(9-4-5-9)10-6-7-10/h9-10,14,16H,3-8H2,1-2H3. The lowest BCUT2D eigenvalue weighted by molar-refractivity contribution is 0.409. The number of hydrogen-bond acceptors (Lipinski definition) is 2. The van der Waals surface area contributed by atoms with Crippen LogP contribution in [0.5, 0.6) is 0 Å². The van der Waals surface area contributed by atoms with Crippen molar-refractivity contribution in [1.29, 1.82) is 0 Å². The molecule has 2 fully saturated rings. The second-order valence-electron chi connectivity index (χ2n) is 5.77. The van der Waals surface area contributed by atoms with E-state index in [2.05, 4.69) is 17.3 Å². The molecule has 1 aromatic rings. The van der Waals surface area contributed by atoms with Crippen LogP contribution in [0.2, 0.25) is 5.02 Å². The molecule has 0 aromatic carbocycles. The molecule has 1 N–H and O–H groups in total. The summed E-state index contributed by atoms with van der Waals surface area (Å²) in [7, 11) is 1.99. The van der Waals surface area contributed by atoms with Gasteiger partial charge < -0.3 is 5.32 Å². The Kier molecular flexibility index (Phi) is 3.37. The summed E-state index contributed by atoms with van der Waals surface area (Å²) in [5.74, 6) is 1.85. The molecule has 1 heterocycles. The van der Waals surface area contributed by atoms with Gasteiger partial charge in [-0.2, -0.15) is 5.10 Å². The first-order chi connectivity index (χ1) is 8.70. The first-order valence-electron chi connectivity index (χ1n) is 7.14. The molecule has 0 unspecified atom stereocenters. The van der Waals surface area contributed by atoms with E-state index in [1.807, 2.05) is 11.7 Å². The number of nitrogens with zero attached hydrogens (tertiary/aromatic N) is 2. The molecule has 2 aliphatic rings. The van der Waals surface area contributed by atoms with E-state index in [9.17, 15) is 0 Å². The predicted molar refractivity (Wildman–Crippen MR) is 73.7 cm³/mol. The van der Waals surface area contributed by atoms with E-state index in [0.29, 0.717) is 0 Å². The van der Waals surface area contributed by atoms with Gasteiger partial charge in [-0.15, -0.1) is 0 Å². The second kappa shape index (κ2) is 4.86. The van der Waals surface area contributed by atoms with Crippen LogP contribution in [-0.2, 0) is 20.0 Å². The molecule has 2 aliphatic carbocycles. The molecular formula is C14H22ClN3. The first kappa shape index (κ1) is 12.5. The van der Waals surface area contributed by atoms with Crippen molar-refractivity contribution in [3.05, 3.63) is 16.4 Å². The summed E-state index contributed by atoms with van der Waals surface area (Å²) in [6.45, 7) is 2.96. The molecule has 18 heavy (non-hydrogen) atoms. The van der Waals surface area contributed by atoms with Crippen LogP contribution < -0.4 is 5.32 Å². The Labute approximate surface area is 114 Å². The van der Waals surface area contributed by atoms with E-state index in [0.717, 1.165) is 47.3 Å². The van der Waals surface area contributed by atoms with E-state index in [4.69, 9.17) is 11.6 Å². The van der Waals surface area contributed by atoms with Crippen LogP contribution in [0.15, 0.2) is 0 Å². The fourth-order valence-corrected chi connectivity index (χ4v) is 3.22. The van der Waals surface area contributed by atoms with Gasteiger partial charge in [0.25, 0.3) is 0 Å². The first-order valence-corrected chi connectivity index (χ1v) is 7.52. The highest BCUT2D eigenvalue weighted by Gasteiger charge is 2.41. The Morgan fingerprint density at radius 2 is 1.94 bits per heavy atom. The molecule has 0 spiro atoms. The molecule has 0 aliphatic heterocycles. The molecule has 0 radical (unpaired) electrons. The zero-order valence-electron chi connectivity index (χ0n) is 11.2. The van der Waals surface area contributed by atoms with Crippen molar-refractivity contribution in [2.75, 3.05) is 0 Å². The topological polar surface area (TPSA) is 29.9 Å². The number of hydrogen-bond donors (Lipinski definition) is 1. The Hall–Kier alpha value is -0.540. The van der Waals surface area contributed by atoms with Gasteiger partial charge in [0.1, 0.15) is 0 Å². The lowest BCUT2D eigenvalue weighted by Crippen LogP contribution is -2.33. The summed E-state index contributed by atoms with van der Waals surface area (Å²) in [5, 5.41) is 9.07. The van der Waals surface area contributed by atoms with Gasteiger partial charge in [0.05, 0.1) is 16.4 Å². The molecule has 0 bridgehead atoms. The van der Waals surface area contributed by atoms with Crippen molar-refractivity contribution in [2.24, 2.45) is 18.9 Å². The predicted octanol–water partition coefficient (Wildman–Crippen LogP) is 2.91. The monoisotopic (exact) mass is 267 g/mol. The summed E-state index contributed by atoms with van der Waals surface area (Å²) < 4.78 is 1.94. The highest BCUT2D eigenvalue weighted by atomic mass is 35.5. The molecule has 4 heteroatoms. The van der Waals surface area contributed by atoms with E-state index >= 15 is 0 Å². The summed E-state index contributed by atoms with van der Waals surface area (Å²) in [4.78, 5) is 0. The average molecular weight is 268 g/mol. The molecule has 3 nitrogen and oxygen atoms in total. The zero-order valence-corrected chi connectivity index (χ0v) is 12.0. The summed E-state index contributed by atoms with van der Waals surface area (Å²) in [6.07, 6.45) is 6.54. The summed E-state index contributed by atoms with van der Waals surface area (Å²) in [5.41, 5.74) is 2.16. The minimum absolute atomic E-state index is 0.723. The van der Waals surface area contributed by atoms with Gasteiger partial charge in [-0.05, 0) is 43.9 Å². The van der Waals surface area contributed by atoms with E-state index in [1.54, 1.807) is 0 Å². The van der Waals surface area contributed by atoms with Gasteiger partial charge in [-0.1, -0.05) is 18.5 Å². The number of halogens is 1. The zero-order chi connectivity index (χ0) is 12.7. The Bertz CT molecular complexity index is 420. The van der Waals surface area contributed by atoms with Crippen molar-refractivity contribution >= 4 is 11.6 Å². The number of nitrogens with one attached hydrogen (secondary N) is 1. The van der Waals surface area contributed by atoms with Gasteiger partial charge in [0.15, 0.2) is 0 Å². The average Bonchev–Trinajstić information content (AvgIpc) is 3.24. The third-order valence-corrected chi connectivity index (χ3v) is 4.70. The third kappa shape index (κ3) is 2.43. The molecule has 0 amide bonds. The Morgan fingerprint density at radius 1 is 1.33 bits per heavy atom. The van der Waals surface area contributed by atoms with Gasteiger partial charge in [0, 0.05) is 19.6 Å². The lowest BCUT2D eigenvalue weighted by atomic mass is 10.1. The van der Waals surface area contributed by atoms with Crippen LogP contribution in [0.3, 0.4) is 0 Å². The van der Waals surface area contributed by atoms with Crippen LogP contribution >= 0.6 is 11.6 Å². The van der Waals surface area contributed by atoms with Crippen LogP contribution in [-0.4, -0.2) is 15.8 Å². The Morgan fingerprint density at radius 3 is 2.39 bits per heavy atom. The number of aromatic nitrogens is 2. The molecular weight excluding hydrogens is 246 g/mol. The normalized spacial score (nSPS) is 19.8. The lowest BCUT2D eigenvalue weighted by Gasteiger charge is -2.17. The molecule has 2 saturated carbocycles. The van der Waals surface area contributed by atoms with E-state index in [-0.39, 0.29) is 0 Å². The van der Waals surface area contributed by atoms with Gasteiger partial charge in [-0.25, -0.2) is 0 Å².